The van der Waals surface area contributed by atoms with E-state index in [1.54, 1.807) is 6.92 Å². The highest BCUT2D eigenvalue weighted by atomic mass is 79.9. The molecule has 96 valence electrons. The molecule has 0 aromatic heterocycles. The van der Waals surface area contributed by atoms with E-state index < -0.39 is 21.1 Å². The standard InChI is InChI=1S/C11H15Br2NO2S/c1-6-4-10(13)8(5-9(6)12)11(14)7(2)17(3,15)16/h4-5,7,11H,14H2,1-3H3. The first-order chi connectivity index (χ1) is 7.64. The predicted molar refractivity (Wildman–Crippen MR) is 77.8 cm³/mol. The summed E-state index contributed by atoms with van der Waals surface area (Å²) in [4.78, 5) is 0. The third kappa shape index (κ3) is 3.53. The molecule has 0 fully saturated rings. The van der Waals surface area contributed by atoms with Crippen molar-refractivity contribution in [2.75, 3.05) is 6.26 Å². The van der Waals surface area contributed by atoms with Crippen molar-refractivity contribution < 1.29 is 8.42 Å². The van der Waals surface area contributed by atoms with E-state index in [2.05, 4.69) is 31.9 Å². The summed E-state index contributed by atoms with van der Waals surface area (Å²) in [5.74, 6) is 0. The van der Waals surface area contributed by atoms with Gasteiger partial charge in [-0.25, -0.2) is 8.42 Å². The molecule has 0 bridgehead atoms. The molecule has 0 spiro atoms. The largest absolute Gasteiger partial charge is 0.323 e. The van der Waals surface area contributed by atoms with Gasteiger partial charge in [-0.1, -0.05) is 31.9 Å². The van der Waals surface area contributed by atoms with E-state index in [-0.39, 0.29) is 0 Å². The van der Waals surface area contributed by atoms with Crippen LogP contribution in [0.1, 0.15) is 24.1 Å². The second-order valence-electron chi connectivity index (χ2n) is 4.18. The van der Waals surface area contributed by atoms with E-state index in [1.165, 1.54) is 6.26 Å². The van der Waals surface area contributed by atoms with E-state index in [4.69, 9.17) is 5.73 Å². The van der Waals surface area contributed by atoms with Gasteiger partial charge in [-0.15, -0.1) is 0 Å². The zero-order valence-electron chi connectivity index (χ0n) is 9.87. The van der Waals surface area contributed by atoms with Gasteiger partial charge in [0.15, 0.2) is 9.84 Å². The highest BCUT2D eigenvalue weighted by molar-refractivity contribution is 9.11. The normalized spacial score (nSPS) is 15.6. The quantitative estimate of drug-likeness (QED) is 0.871. The van der Waals surface area contributed by atoms with Crippen LogP contribution in [0.5, 0.6) is 0 Å². The van der Waals surface area contributed by atoms with Gasteiger partial charge in [0.05, 0.1) is 5.25 Å². The van der Waals surface area contributed by atoms with Crippen LogP contribution >= 0.6 is 31.9 Å². The minimum absolute atomic E-state index is 0.545. The molecule has 6 heteroatoms. The molecule has 0 heterocycles. The molecular formula is C11H15Br2NO2S. The van der Waals surface area contributed by atoms with Gasteiger partial charge >= 0.3 is 0 Å². The van der Waals surface area contributed by atoms with Gasteiger partial charge in [0.2, 0.25) is 0 Å². The van der Waals surface area contributed by atoms with Gasteiger partial charge in [0.1, 0.15) is 0 Å². The number of rotatable bonds is 3. The minimum atomic E-state index is -3.15. The topological polar surface area (TPSA) is 60.2 Å². The molecule has 1 rings (SSSR count). The molecule has 17 heavy (non-hydrogen) atoms. The molecule has 0 saturated heterocycles. The maximum atomic E-state index is 11.5. The third-order valence-corrected chi connectivity index (χ3v) is 6.00. The molecule has 0 saturated carbocycles. The Labute approximate surface area is 119 Å². The fourth-order valence-electron chi connectivity index (χ4n) is 1.44. The van der Waals surface area contributed by atoms with Crippen molar-refractivity contribution in [3.05, 3.63) is 32.2 Å². The third-order valence-electron chi connectivity index (χ3n) is 2.82. The summed E-state index contributed by atoms with van der Waals surface area (Å²) < 4.78 is 24.8. The Morgan fingerprint density at radius 3 is 2.24 bits per heavy atom. The first-order valence-corrected chi connectivity index (χ1v) is 8.58. The van der Waals surface area contributed by atoms with Crippen molar-refractivity contribution in [1.29, 1.82) is 0 Å². The number of sulfone groups is 1. The highest BCUT2D eigenvalue weighted by Crippen LogP contribution is 2.31. The monoisotopic (exact) mass is 383 g/mol. The van der Waals surface area contributed by atoms with E-state index in [1.807, 2.05) is 19.1 Å². The van der Waals surface area contributed by atoms with Crippen molar-refractivity contribution in [2.45, 2.75) is 25.1 Å². The lowest BCUT2D eigenvalue weighted by Crippen LogP contribution is -2.30. The summed E-state index contributed by atoms with van der Waals surface area (Å²) in [7, 11) is -3.15. The van der Waals surface area contributed by atoms with E-state index in [0.29, 0.717) is 0 Å². The van der Waals surface area contributed by atoms with E-state index in [9.17, 15) is 8.42 Å². The van der Waals surface area contributed by atoms with Crippen LogP contribution in [0, 0.1) is 6.92 Å². The second-order valence-corrected chi connectivity index (χ2v) is 8.29. The summed E-state index contributed by atoms with van der Waals surface area (Å²) in [6, 6.07) is 3.25. The van der Waals surface area contributed by atoms with Crippen molar-refractivity contribution in [2.24, 2.45) is 5.73 Å². The number of benzene rings is 1. The Balaban J connectivity index is 3.22. The Bertz CT molecular complexity index is 529. The van der Waals surface area contributed by atoms with Crippen LogP contribution in [0.2, 0.25) is 0 Å². The zero-order valence-corrected chi connectivity index (χ0v) is 13.9. The zero-order chi connectivity index (χ0) is 13.4. The number of halogens is 2. The molecule has 2 N–H and O–H groups in total. The maximum Gasteiger partial charge on any atom is 0.151 e. The Hall–Kier alpha value is 0.0900. The smallest absolute Gasteiger partial charge is 0.151 e. The fourth-order valence-corrected chi connectivity index (χ4v) is 3.20. The summed E-state index contributed by atoms with van der Waals surface area (Å²) >= 11 is 6.84. The molecule has 3 nitrogen and oxygen atoms in total. The van der Waals surface area contributed by atoms with Crippen molar-refractivity contribution >= 4 is 41.7 Å². The molecule has 0 aliphatic rings. The summed E-state index contributed by atoms with van der Waals surface area (Å²) in [5, 5.41) is -0.617. The predicted octanol–water partition coefficient (Wildman–Crippen LogP) is 2.95. The molecule has 0 aliphatic heterocycles. The first-order valence-electron chi connectivity index (χ1n) is 5.04. The Morgan fingerprint density at radius 1 is 1.24 bits per heavy atom. The lowest BCUT2D eigenvalue weighted by Gasteiger charge is -2.20. The molecule has 1 aromatic rings. The second kappa shape index (κ2) is 5.38. The molecule has 0 aliphatic carbocycles. The van der Waals surface area contributed by atoms with E-state index >= 15 is 0 Å². The van der Waals surface area contributed by atoms with Gasteiger partial charge in [-0.3, -0.25) is 0 Å². The van der Waals surface area contributed by atoms with Crippen LogP contribution in [-0.4, -0.2) is 19.9 Å². The van der Waals surface area contributed by atoms with Gasteiger partial charge < -0.3 is 5.73 Å². The lowest BCUT2D eigenvalue weighted by molar-refractivity contribution is 0.570. The van der Waals surface area contributed by atoms with Crippen molar-refractivity contribution in [3.63, 3.8) is 0 Å². The van der Waals surface area contributed by atoms with Crippen molar-refractivity contribution in [1.82, 2.24) is 0 Å². The van der Waals surface area contributed by atoms with Crippen LogP contribution in [-0.2, 0) is 9.84 Å². The minimum Gasteiger partial charge on any atom is -0.323 e. The first kappa shape index (κ1) is 15.1. The van der Waals surface area contributed by atoms with Crippen LogP contribution in [0.15, 0.2) is 21.1 Å². The number of hydrogen-bond acceptors (Lipinski definition) is 3. The number of hydrogen-bond donors (Lipinski definition) is 1. The average Bonchev–Trinajstić information content (AvgIpc) is 2.20. The molecule has 0 radical (unpaired) electrons. The summed E-state index contributed by atoms with van der Waals surface area (Å²) in [6.45, 7) is 3.59. The molecular weight excluding hydrogens is 370 g/mol. The molecule has 1 aromatic carbocycles. The number of nitrogens with two attached hydrogens (primary N) is 1. The van der Waals surface area contributed by atoms with Crippen LogP contribution in [0.3, 0.4) is 0 Å². The molecule has 2 unspecified atom stereocenters. The van der Waals surface area contributed by atoms with Gasteiger partial charge in [0.25, 0.3) is 0 Å². The van der Waals surface area contributed by atoms with Crippen LogP contribution < -0.4 is 5.73 Å². The van der Waals surface area contributed by atoms with Crippen LogP contribution in [0.4, 0.5) is 0 Å². The summed E-state index contributed by atoms with van der Waals surface area (Å²) in [5.41, 5.74) is 7.88. The van der Waals surface area contributed by atoms with Gasteiger partial charge in [0, 0.05) is 21.2 Å². The number of aryl methyl sites for hydroxylation is 1. The highest BCUT2D eigenvalue weighted by Gasteiger charge is 2.25. The molecule has 2 atom stereocenters. The average molecular weight is 385 g/mol. The maximum absolute atomic E-state index is 11.5. The molecule has 0 amide bonds. The van der Waals surface area contributed by atoms with Gasteiger partial charge in [-0.05, 0) is 37.1 Å². The Kier molecular flexibility index (Phi) is 4.80. The van der Waals surface area contributed by atoms with Crippen molar-refractivity contribution in [3.8, 4) is 0 Å². The SMILES string of the molecule is Cc1cc(Br)c(C(N)C(C)S(C)(=O)=O)cc1Br. The Morgan fingerprint density at radius 2 is 1.76 bits per heavy atom. The van der Waals surface area contributed by atoms with E-state index in [0.717, 1.165) is 20.1 Å². The summed E-state index contributed by atoms with van der Waals surface area (Å²) in [6.07, 6.45) is 1.20. The van der Waals surface area contributed by atoms with Crippen LogP contribution in [0.25, 0.3) is 0 Å². The lowest BCUT2D eigenvalue weighted by atomic mass is 10.0. The fraction of sp³-hybridized carbons (Fsp3) is 0.455. The van der Waals surface area contributed by atoms with Gasteiger partial charge in [-0.2, -0.15) is 0 Å².